The first-order chi connectivity index (χ1) is 9.62. The molecule has 0 aromatic heterocycles. The molecule has 112 valence electrons. The van der Waals surface area contributed by atoms with Gasteiger partial charge < -0.3 is 4.18 Å². The van der Waals surface area contributed by atoms with Crippen LogP contribution < -0.4 is 4.18 Å². The van der Waals surface area contributed by atoms with E-state index in [-0.39, 0.29) is 0 Å². The van der Waals surface area contributed by atoms with Crippen molar-refractivity contribution in [2.45, 2.75) is 5.51 Å². The van der Waals surface area contributed by atoms with E-state index in [9.17, 15) is 31.7 Å². The van der Waals surface area contributed by atoms with Crippen LogP contribution >= 0.6 is 0 Å². The molecule has 0 unspecified atom stereocenters. The molecule has 0 saturated carbocycles. The maximum Gasteiger partial charge on any atom is 0.534 e. The summed E-state index contributed by atoms with van der Waals surface area (Å²) in [6, 6.07) is 7.86. The summed E-state index contributed by atoms with van der Waals surface area (Å²) < 4.78 is 62.6. The molecule has 0 aliphatic carbocycles. The number of nitro benzene ring substituents is 1. The number of hydrogen-bond donors (Lipinski definition) is 0. The first kappa shape index (κ1) is 15.0. The Bertz CT molecular complexity index is 816. The largest absolute Gasteiger partial charge is 0.534 e. The Morgan fingerprint density at radius 3 is 2.10 bits per heavy atom. The third kappa shape index (κ3) is 2.89. The number of nitro groups is 1. The van der Waals surface area contributed by atoms with Crippen LogP contribution in [0.4, 0.5) is 18.9 Å². The third-order valence-corrected chi connectivity index (χ3v) is 3.47. The fourth-order valence-electron chi connectivity index (χ4n) is 1.58. The Labute approximate surface area is 116 Å². The predicted octanol–water partition coefficient (Wildman–Crippen LogP) is 2.98. The minimum absolute atomic E-state index is 0.301. The van der Waals surface area contributed by atoms with Gasteiger partial charge in [0.1, 0.15) is 0 Å². The van der Waals surface area contributed by atoms with Gasteiger partial charge in [-0.05, 0) is 16.8 Å². The minimum Gasteiger partial charge on any atom is -0.369 e. The number of nitrogens with zero attached hydrogens (tertiary/aromatic N) is 1. The topological polar surface area (TPSA) is 86.5 Å². The quantitative estimate of drug-likeness (QED) is 0.375. The average Bonchev–Trinajstić information content (AvgIpc) is 2.35. The van der Waals surface area contributed by atoms with E-state index in [0.29, 0.717) is 10.8 Å². The molecule has 2 aromatic carbocycles. The van der Waals surface area contributed by atoms with Crippen LogP contribution in [0.15, 0.2) is 36.4 Å². The number of benzene rings is 2. The van der Waals surface area contributed by atoms with Crippen LogP contribution in [-0.4, -0.2) is 18.8 Å². The second-order valence-corrected chi connectivity index (χ2v) is 5.45. The van der Waals surface area contributed by atoms with Crippen molar-refractivity contribution in [1.82, 2.24) is 0 Å². The van der Waals surface area contributed by atoms with Crippen molar-refractivity contribution in [3.05, 3.63) is 46.5 Å². The molecule has 0 saturated heterocycles. The van der Waals surface area contributed by atoms with Crippen molar-refractivity contribution in [3.63, 3.8) is 0 Å². The van der Waals surface area contributed by atoms with Crippen molar-refractivity contribution in [1.29, 1.82) is 0 Å². The summed E-state index contributed by atoms with van der Waals surface area (Å²) in [5.74, 6) is -0.990. The summed E-state index contributed by atoms with van der Waals surface area (Å²) in [6.07, 6.45) is 0. The lowest BCUT2D eigenvalue weighted by Crippen LogP contribution is -2.28. The molecule has 0 amide bonds. The SMILES string of the molecule is O=[N+]([O-])c1cc2ccccc2cc1OS(=O)(=O)C(F)(F)F. The van der Waals surface area contributed by atoms with Gasteiger partial charge in [-0.3, -0.25) is 10.1 Å². The molecular weight excluding hydrogens is 315 g/mol. The van der Waals surface area contributed by atoms with E-state index in [1.807, 2.05) is 0 Å². The summed E-state index contributed by atoms with van der Waals surface area (Å²) in [5.41, 5.74) is -6.55. The van der Waals surface area contributed by atoms with Gasteiger partial charge in [-0.2, -0.15) is 21.6 Å². The molecule has 0 atom stereocenters. The zero-order valence-electron chi connectivity index (χ0n) is 9.99. The van der Waals surface area contributed by atoms with Crippen molar-refractivity contribution < 1.29 is 30.7 Å². The molecule has 0 aliphatic rings. The molecule has 2 aromatic rings. The second-order valence-electron chi connectivity index (χ2n) is 3.91. The van der Waals surface area contributed by atoms with E-state index in [1.54, 1.807) is 6.07 Å². The highest BCUT2D eigenvalue weighted by Crippen LogP contribution is 2.35. The molecule has 0 aliphatic heterocycles. The van der Waals surface area contributed by atoms with Gasteiger partial charge in [0.15, 0.2) is 0 Å². The molecule has 6 nitrogen and oxygen atoms in total. The monoisotopic (exact) mass is 321 g/mol. The molecule has 10 heteroatoms. The van der Waals surface area contributed by atoms with Crippen LogP contribution in [0.5, 0.6) is 5.75 Å². The van der Waals surface area contributed by atoms with Gasteiger partial charge in [-0.1, -0.05) is 24.3 Å². The molecule has 0 radical (unpaired) electrons. The molecule has 0 N–H and O–H groups in total. The van der Waals surface area contributed by atoms with E-state index >= 15 is 0 Å². The standard InChI is InChI=1S/C11H6F3NO5S/c12-11(13,14)21(18,19)20-10-6-8-4-2-1-3-7(8)5-9(10)15(16)17/h1-6H. The van der Waals surface area contributed by atoms with Gasteiger partial charge >= 0.3 is 21.3 Å². The summed E-state index contributed by atoms with van der Waals surface area (Å²) in [6.45, 7) is 0. The van der Waals surface area contributed by atoms with Crippen LogP contribution in [0.2, 0.25) is 0 Å². The second kappa shape index (κ2) is 4.88. The van der Waals surface area contributed by atoms with Crippen LogP contribution in [0.1, 0.15) is 0 Å². The van der Waals surface area contributed by atoms with E-state index < -0.39 is 32.0 Å². The highest BCUT2D eigenvalue weighted by Gasteiger charge is 2.49. The number of fused-ring (bicyclic) bond motifs is 1. The Hall–Kier alpha value is -2.36. The maximum absolute atomic E-state index is 12.3. The smallest absolute Gasteiger partial charge is 0.369 e. The molecular formula is C11H6F3NO5S. The first-order valence-electron chi connectivity index (χ1n) is 5.30. The van der Waals surface area contributed by atoms with Gasteiger partial charge in [0.25, 0.3) is 0 Å². The predicted molar refractivity (Wildman–Crippen MR) is 66.2 cm³/mol. The van der Waals surface area contributed by atoms with Crippen LogP contribution in [0.3, 0.4) is 0 Å². The van der Waals surface area contributed by atoms with E-state index in [2.05, 4.69) is 4.18 Å². The molecule has 2 rings (SSSR count). The zero-order valence-corrected chi connectivity index (χ0v) is 10.8. The van der Waals surface area contributed by atoms with Crippen LogP contribution in [0, 0.1) is 10.1 Å². The zero-order chi connectivity index (χ0) is 15.8. The summed E-state index contributed by atoms with van der Waals surface area (Å²) in [5, 5.41) is 11.5. The molecule has 0 spiro atoms. The Morgan fingerprint density at radius 2 is 1.62 bits per heavy atom. The van der Waals surface area contributed by atoms with Gasteiger partial charge in [-0.25, -0.2) is 0 Å². The molecule has 0 bridgehead atoms. The highest BCUT2D eigenvalue weighted by molar-refractivity contribution is 7.88. The van der Waals surface area contributed by atoms with E-state index in [1.165, 1.54) is 18.2 Å². The van der Waals surface area contributed by atoms with Crippen molar-refractivity contribution in [2.75, 3.05) is 0 Å². The van der Waals surface area contributed by atoms with E-state index in [4.69, 9.17) is 0 Å². The molecule has 21 heavy (non-hydrogen) atoms. The first-order valence-corrected chi connectivity index (χ1v) is 6.70. The van der Waals surface area contributed by atoms with E-state index in [0.717, 1.165) is 12.1 Å². The lowest BCUT2D eigenvalue weighted by atomic mass is 10.1. The minimum atomic E-state index is -5.98. The molecule has 0 heterocycles. The summed E-state index contributed by atoms with van der Waals surface area (Å²) >= 11 is 0. The summed E-state index contributed by atoms with van der Waals surface area (Å²) in [7, 11) is -5.98. The highest BCUT2D eigenvalue weighted by atomic mass is 32.2. The summed E-state index contributed by atoms with van der Waals surface area (Å²) in [4.78, 5) is 9.83. The number of rotatable bonds is 3. The lowest BCUT2D eigenvalue weighted by Gasteiger charge is -2.10. The van der Waals surface area contributed by atoms with Crippen molar-refractivity contribution in [2.24, 2.45) is 0 Å². The lowest BCUT2D eigenvalue weighted by molar-refractivity contribution is -0.385. The third-order valence-electron chi connectivity index (χ3n) is 2.51. The maximum atomic E-state index is 12.3. The number of halogens is 3. The Balaban J connectivity index is 2.62. The average molecular weight is 321 g/mol. The van der Waals surface area contributed by atoms with Gasteiger partial charge in [0, 0.05) is 6.07 Å². The van der Waals surface area contributed by atoms with Crippen molar-refractivity contribution in [3.8, 4) is 5.75 Å². The number of hydrogen-bond acceptors (Lipinski definition) is 5. The van der Waals surface area contributed by atoms with Crippen LogP contribution in [-0.2, 0) is 10.1 Å². The van der Waals surface area contributed by atoms with Gasteiger partial charge in [0.2, 0.25) is 5.75 Å². The Kier molecular flexibility index (Phi) is 3.49. The Morgan fingerprint density at radius 1 is 1.10 bits per heavy atom. The van der Waals surface area contributed by atoms with Crippen molar-refractivity contribution >= 4 is 26.6 Å². The van der Waals surface area contributed by atoms with Crippen LogP contribution in [0.25, 0.3) is 10.8 Å². The molecule has 0 fully saturated rings. The fraction of sp³-hybridized carbons (Fsp3) is 0.0909. The van der Waals surface area contributed by atoms with Gasteiger partial charge in [-0.15, -0.1) is 0 Å². The van der Waals surface area contributed by atoms with Gasteiger partial charge in [0.05, 0.1) is 4.92 Å². The fourth-order valence-corrected chi connectivity index (χ4v) is 2.05. The number of alkyl halides is 3. The normalized spacial score (nSPS) is 12.3.